The van der Waals surface area contributed by atoms with Crippen LogP contribution < -0.4 is 5.32 Å². The largest absolute Gasteiger partial charge is 0.478 e. The SMILES string of the molecule is C=C(C)[C@@H]1CC[C@]2(NC(=O)N(CCO)CCN(C)C)CC[C@]3(C)[C@H](CC[C@@H]4[C@@]5(C)CC=C(c6ccc(C(=O)O)cc6)C(C)(C)[C@@H]5CC[C@]43C)[C@@H]12. The molecule has 0 radical (unpaired) electrons. The standard InChI is InChI=1S/C43H65N3O4/c1-28(2)31-16-21-43(44-38(50)46(26-27-47)25-24-45(8)9)23-22-41(6)33(36(31)43)14-15-35-40(5)19-17-32(29-10-12-30(13-11-29)37(48)49)39(3,4)34(40)18-20-42(35,41)7/h10-13,17,31,33-36,47H,1,14-16,18-27H2,2-9H3,(H,44,50)(H,48,49)/t31-,33+,34-,35+,36+,40-,41+,42+,43-/m0/s1. The molecule has 2 amide bonds. The first-order valence-electron chi connectivity index (χ1n) is 19.5. The Kier molecular flexibility index (Phi) is 9.72. The Balaban J connectivity index is 1.31. The Morgan fingerprint density at radius 3 is 2.20 bits per heavy atom. The van der Waals surface area contributed by atoms with Crippen molar-refractivity contribution >= 4 is 17.6 Å². The van der Waals surface area contributed by atoms with E-state index in [2.05, 4.69) is 64.4 Å². The minimum absolute atomic E-state index is 0.0191. The molecule has 0 unspecified atom stereocenters. The third-order valence-electron chi connectivity index (χ3n) is 15.9. The molecule has 0 saturated heterocycles. The third kappa shape index (κ3) is 5.68. The molecule has 9 atom stereocenters. The van der Waals surface area contributed by atoms with Crippen LogP contribution in [0.15, 0.2) is 42.5 Å². The van der Waals surface area contributed by atoms with Crippen LogP contribution in [0.3, 0.4) is 0 Å². The Morgan fingerprint density at radius 2 is 1.58 bits per heavy atom. The van der Waals surface area contributed by atoms with Crippen LogP contribution in [0.2, 0.25) is 0 Å². The maximum Gasteiger partial charge on any atom is 0.335 e. The second kappa shape index (κ2) is 13.1. The number of carboxylic acid groups (broad SMARTS) is 1. The van der Waals surface area contributed by atoms with Gasteiger partial charge in [0.1, 0.15) is 0 Å². The van der Waals surface area contributed by atoms with Crippen molar-refractivity contribution in [2.75, 3.05) is 40.3 Å². The normalized spacial score (nSPS) is 38.6. The lowest BCUT2D eigenvalue weighted by atomic mass is 9.33. The molecule has 7 nitrogen and oxygen atoms in total. The molecule has 0 spiro atoms. The molecule has 0 heterocycles. The Hall–Kier alpha value is -2.64. The predicted molar refractivity (Wildman–Crippen MR) is 202 cm³/mol. The molecule has 276 valence electrons. The van der Waals surface area contributed by atoms with Crippen LogP contribution in [0, 0.1) is 51.2 Å². The van der Waals surface area contributed by atoms with Gasteiger partial charge in [-0.15, -0.1) is 0 Å². The summed E-state index contributed by atoms with van der Waals surface area (Å²) in [7, 11) is 4.05. The number of likely N-dealkylation sites (N-methyl/N-ethyl adjacent to an activating group) is 1. The van der Waals surface area contributed by atoms with Crippen molar-refractivity contribution in [2.45, 2.75) is 105 Å². The summed E-state index contributed by atoms with van der Waals surface area (Å²) in [4.78, 5) is 29.5. The number of nitrogens with one attached hydrogen (secondary N) is 1. The Bertz CT molecular complexity index is 1520. The molecule has 5 aliphatic rings. The fourth-order valence-corrected chi connectivity index (χ4v) is 13.3. The lowest BCUT2D eigenvalue weighted by molar-refractivity contribution is -0.218. The van der Waals surface area contributed by atoms with E-state index in [9.17, 15) is 19.8 Å². The summed E-state index contributed by atoms with van der Waals surface area (Å²) < 4.78 is 0. The third-order valence-corrected chi connectivity index (χ3v) is 15.9. The number of carbonyl (C=O) groups excluding carboxylic acids is 1. The number of urea groups is 1. The van der Waals surface area contributed by atoms with Crippen molar-refractivity contribution < 1.29 is 19.8 Å². The van der Waals surface area contributed by atoms with Gasteiger partial charge in [-0.3, -0.25) is 0 Å². The zero-order valence-electron chi connectivity index (χ0n) is 32.3. The van der Waals surface area contributed by atoms with Gasteiger partial charge < -0.3 is 25.3 Å². The zero-order chi connectivity index (χ0) is 36.4. The average molecular weight is 688 g/mol. The number of hydrogen-bond donors (Lipinski definition) is 3. The Morgan fingerprint density at radius 1 is 0.880 bits per heavy atom. The van der Waals surface area contributed by atoms with Gasteiger partial charge in [-0.05, 0) is 153 Å². The van der Waals surface area contributed by atoms with Crippen molar-refractivity contribution in [1.82, 2.24) is 15.1 Å². The van der Waals surface area contributed by atoms with Crippen molar-refractivity contribution in [1.29, 1.82) is 0 Å². The molecular weight excluding hydrogens is 622 g/mol. The minimum atomic E-state index is -0.880. The number of carbonyl (C=O) groups is 2. The van der Waals surface area contributed by atoms with E-state index in [1.165, 1.54) is 36.8 Å². The number of aliphatic hydroxyl groups excluding tert-OH is 1. The summed E-state index contributed by atoms with van der Waals surface area (Å²) in [5, 5.41) is 23.0. The van der Waals surface area contributed by atoms with E-state index >= 15 is 0 Å². The van der Waals surface area contributed by atoms with Crippen LogP contribution in [-0.4, -0.2) is 77.9 Å². The number of nitrogens with zero attached hydrogens (tertiary/aromatic N) is 2. The number of aromatic carboxylic acids is 1. The predicted octanol–water partition coefficient (Wildman–Crippen LogP) is 8.35. The minimum Gasteiger partial charge on any atom is -0.478 e. The molecule has 0 aromatic heterocycles. The van der Waals surface area contributed by atoms with Gasteiger partial charge in [0.2, 0.25) is 0 Å². The van der Waals surface area contributed by atoms with Crippen LogP contribution in [-0.2, 0) is 0 Å². The summed E-state index contributed by atoms with van der Waals surface area (Å²) in [5.74, 6) is 1.58. The zero-order valence-corrected chi connectivity index (χ0v) is 32.3. The number of carboxylic acids is 1. The summed E-state index contributed by atoms with van der Waals surface area (Å²) in [6, 6.07) is 7.51. The van der Waals surface area contributed by atoms with Gasteiger partial charge in [0.25, 0.3) is 0 Å². The molecule has 7 heteroatoms. The monoisotopic (exact) mass is 687 g/mol. The lowest BCUT2D eigenvalue weighted by Gasteiger charge is -2.72. The molecule has 1 aromatic carbocycles. The molecule has 4 saturated carbocycles. The number of hydrogen-bond acceptors (Lipinski definition) is 4. The number of amides is 2. The summed E-state index contributed by atoms with van der Waals surface area (Å²) in [6.07, 6.45) is 12.6. The molecule has 0 aliphatic heterocycles. The number of aliphatic hydroxyl groups is 1. The summed E-state index contributed by atoms with van der Waals surface area (Å²) in [5.41, 5.74) is 4.41. The van der Waals surface area contributed by atoms with Crippen LogP contribution in [0.4, 0.5) is 4.79 Å². The van der Waals surface area contributed by atoms with Crippen molar-refractivity contribution in [3.8, 4) is 0 Å². The van der Waals surface area contributed by atoms with Crippen molar-refractivity contribution in [2.24, 2.45) is 51.2 Å². The summed E-state index contributed by atoms with van der Waals surface area (Å²) in [6.45, 7) is 21.2. The van der Waals surface area contributed by atoms with Gasteiger partial charge in [-0.2, -0.15) is 0 Å². The van der Waals surface area contributed by atoms with E-state index in [1.54, 1.807) is 12.1 Å². The number of fused-ring (bicyclic) bond motifs is 7. The molecule has 3 N–H and O–H groups in total. The van der Waals surface area contributed by atoms with Crippen LogP contribution in [0.5, 0.6) is 0 Å². The maximum atomic E-state index is 14.0. The first-order chi connectivity index (χ1) is 23.4. The van der Waals surface area contributed by atoms with E-state index in [0.717, 1.165) is 44.2 Å². The van der Waals surface area contributed by atoms with Crippen LogP contribution >= 0.6 is 0 Å². The topological polar surface area (TPSA) is 93.1 Å². The quantitative estimate of drug-likeness (QED) is 0.227. The van der Waals surface area contributed by atoms with Gasteiger partial charge in [-0.1, -0.05) is 65.0 Å². The highest BCUT2D eigenvalue weighted by Gasteiger charge is 2.70. The highest BCUT2D eigenvalue weighted by molar-refractivity contribution is 5.88. The highest BCUT2D eigenvalue weighted by atomic mass is 16.4. The second-order valence-electron chi connectivity index (χ2n) is 18.7. The molecule has 5 aliphatic carbocycles. The number of benzene rings is 1. The lowest BCUT2D eigenvalue weighted by Crippen LogP contribution is -2.69. The highest BCUT2D eigenvalue weighted by Crippen LogP contribution is 2.76. The molecule has 50 heavy (non-hydrogen) atoms. The molecule has 6 rings (SSSR count). The fraction of sp³-hybridized carbons (Fsp3) is 0.721. The van der Waals surface area contributed by atoms with E-state index in [0.29, 0.717) is 48.2 Å². The van der Waals surface area contributed by atoms with Crippen LogP contribution in [0.1, 0.15) is 115 Å². The molecule has 0 bridgehead atoms. The van der Waals surface area contributed by atoms with E-state index in [-0.39, 0.29) is 39.8 Å². The Labute approximate surface area is 302 Å². The smallest absolute Gasteiger partial charge is 0.335 e. The molecule has 4 fully saturated rings. The van der Waals surface area contributed by atoms with Gasteiger partial charge in [0.15, 0.2) is 0 Å². The first-order valence-corrected chi connectivity index (χ1v) is 19.5. The average Bonchev–Trinajstić information content (AvgIpc) is 3.42. The van der Waals surface area contributed by atoms with Crippen molar-refractivity contribution in [3.63, 3.8) is 0 Å². The molecular formula is C43H65N3O4. The van der Waals surface area contributed by atoms with Gasteiger partial charge in [0.05, 0.1) is 12.2 Å². The van der Waals surface area contributed by atoms with E-state index in [4.69, 9.17) is 0 Å². The van der Waals surface area contributed by atoms with Gasteiger partial charge >= 0.3 is 12.0 Å². The number of allylic oxidation sites excluding steroid dienone is 3. The van der Waals surface area contributed by atoms with Crippen LogP contribution in [0.25, 0.3) is 5.57 Å². The van der Waals surface area contributed by atoms with Crippen molar-refractivity contribution in [3.05, 3.63) is 53.6 Å². The van der Waals surface area contributed by atoms with Gasteiger partial charge in [0, 0.05) is 25.2 Å². The maximum absolute atomic E-state index is 14.0. The first kappa shape index (κ1) is 37.1. The number of rotatable bonds is 9. The summed E-state index contributed by atoms with van der Waals surface area (Å²) >= 11 is 0. The van der Waals surface area contributed by atoms with Gasteiger partial charge in [-0.25, -0.2) is 9.59 Å². The fourth-order valence-electron chi connectivity index (χ4n) is 13.3. The second-order valence-corrected chi connectivity index (χ2v) is 18.7. The van der Waals surface area contributed by atoms with E-state index in [1.807, 2.05) is 31.1 Å². The van der Waals surface area contributed by atoms with E-state index < -0.39 is 5.97 Å². The molecule has 1 aromatic rings.